The number of rotatable bonds is 3. The van der Waals surface area contributed by atoms with Gasteiger partial charge in [-0.2, -0.15) is 0 Å². The van der Waals surface area contributed by atoms with Crippen LogP contribution in [0.5, 0.6) is 0 Å². The highest BCUT2D eigenvalue weighted by Crippen LogP contribution is 2.32. The van der Waals surface area contributed by atoms with Crippen molar-refractivity contribution in [2.75, 3.05) is 13.6 Å². The minimum absolute atomic E-state index is 0.0502. The third kappa shape index (κ3) is 2.42. The molecule has 0 spiro atoms. The molecule has 1 aliphatic rings. The van der Waals surface area contributed by atoms with E-state index < -0.39 is 0 Å². The zero-order chi connectivity index (χ0) is 11.4. The summed E-state index contributed by atoms with van der Waals surface area (Å²) >= 11 is 0. The number of carbonyl (C=O) groups excluding carboxylic acids is 1. The summed E-state index contributed by atoms with van der Waals surface area (Å²) in [6.07, 6.45) is 3.07. The number of aryl methyl sites for hydroxylation is 1. The van der Waals surface area contributed by atoms with Gasteiger partial charge in [-0.15, -0.1) is 0 Å². The van der Waals surface area contributed by atoms with Gasteiger partial charge in [-0.05, 0) is 37.4 Å². The van der Waals surface area contributed by atoms with Gasteiger partial charge in [0.25, 0.3) is 0 Å². The Morgan fingerprint density at radius 3 is 3.12 bits per heavy atom. The third-order valence-corrected chi connectivity index (χ3v) is 2.91. The van der Waals surface area contributed by atoms with Gasteiger partial charge in [0, 0.05) is 0 Å². The zero-order valence-corrected chi connectivity index (χ0v) is 9.53. The SMILES string of the molecule is CNCC(=O)OC1CCCc2ccccc21. The van der Waals surface area contributed by atoms with Gasteiger partial charge < -0.3 is 10.1 Å². The lowest BCUT2D eigenvalue weighted by Gasteiger charge is -2.25. The smallest absolute Gasteiger partial charge is 0.320 e. The highest BCUT2D eigenvalue weighted by atomic mass is 16.5. The topological polar surface area (TPSA) is 38.3 Å². The van der Waals surface area contributed by atoms with Gasteiger partial charge in [-0.25, -0.2) is 0 Å². The number of hydrogen-bond acceptors (Lipinski definition) is 3. The van der Waals surface area contributed by atoms with Crippen molar-refractivity contribution in [2.45, 2.75) is 25.4 Å². The van der Waals surface area contributed by atoms with Gasteiger partial charge in [0.05, 0.1) is 6.54 Å². The third-order valence-electron chi connectivity index (χ3n) is 2.91. The highest BCUT2D eigenvalue weighted by molar-refractivity contribution is 5.72. The maximum absolute atomic E-state index is 11.4. The van der Waals surface area contributed by atoms with Crippen LogP contribution in [0.2, 0.25) is 0 Å². The first-order valence-corrected chi connectivity index (χ1v) is 5.73. The zero-order valence-electron chi connectivity index (χ0n) is 9.53. The van der Waals surface area contributed by atoms with Crippen molar-refractivity contribution in [3.63, 3.8) is 0 Å². The standard InChI is InChI=1S/C13H17NO2/c1-14-9-13(15)16-12-8-4-6-10-5-2-3-7-11(10)12/h2-3,5,7,12,14H,4,6,8-9H2,1H3. The fraction of sp³-hybridized carbons (Fsp3) is 0.462. The lowest BCUT2D eigenvalue weighted by Crippen LogP contribution is -2.24. The molecule has 0 radical (unpaired) electrons. The van der Waals surface area contributed by atoms with E-state index >= 15 is 0 Å². The molecule has 0 heterocycles. The van der Waals surface area contributed by atoms with Crippen molar-refractivity contribution < 1.29 is 9.53 Å². The van der Waals surface area contributed by atoms with Crippen LogP contribution in [0, 0.1) is 0 Å². The number of hydrogen-bond donors (Lipinski definition) is 1. The van der Waals surface area contributed by atoms with Crippen molar-refractivity contribution in [3.05, 3.63) is 35.4 Å². The molecule has 1 aromatic carbocycles. The summed E-state index contributed by atoms with van der Waals surface area (Å²) in [4.78, 5) is 11.4. The fourth-order valence-corrected chi connectivity index (χ4v) is 2.18. The quantitative estimate of drug-likeness (QED) is 0.788. The Morgan fingerprint density at radius 1 is 1.50 bits per heavy atom. The summed E-state index contributed by atoms with van der Waals surface area (Å²) in [5, 5.41) is 2.81. The van der Waals surface area contributed by atoms with Crippen LogP contribution < -0.4 is 5.32 Å². The van der Waals surface area contributed by atoms with Gasteiger partial charge >= 0.3 is 5.97 Å². The summed E-state index contributed by atoms with van der Waals surface area (Å²) in [5.74, 6) is -0.177. The first-order chi connectivity index (χ1) is 7.81. The van der Waals surface area contributed by atoms with Crippen molar-refractivity contribution in [2.24, 2.45) is 0 Å². The van der Waals surface area contributed by atoms with Gasteiger partial charge in [0.2, 0.25) is 0 Å². The monoisotopic (exact) mass is 219 g/mol. The first kappa shape index (κ1) is 11.1. The molecule has 2 rings (SSSR count). The summed E-state index contributed by atoms with van der Waals surface area (Å²) in [7, 11) is 1.75. The van der Waals surface area contributed by atoms with Crippen LogP contribution in [0.4, 0.5) is 0 Å². The number of ether oxygens (including phenoxy) is 1. The van der Waals surface area contributed by atoms with E-state index in [1.165, 1.54) is 11.1 Å². The maximum atomic E-state index is 11.4. The van der Waals surface area contributed by atoms with Crippen molar-refractivity contribution in [1.29, 1.82) is 0 Å². The number of esters is 1. The van der Waals surface area contributed by atoms with E-state index in [-0.39, 0.29) is 18.6 Å². The molecule has 1 N–H and O–H groups in total. The van der Waals surface area contributed by atoms with E-state index in [9.17, 15) is 4.79 Å². The predicted octanol–water partition coefficient (Wildman–Crippen LogP) is 1.83. The molecule has 0 saturated heterocycles. The first-order valence-electron chi connectivity index (χ1n) is 5.73. The van der Waals surface area contributed by atoms with Gasteiger partial charge in [-0.3, -0.25) is 4.79 Å². The number of benzene rings is 1. The Balaban J connectivity index is 2.10. The number of fused-ring (bicyclic) bond motifs is 1. The van der Waals surface area contributed by atoms with Crippen LogP contribution in [-0.2, 0) is 16.0 Å². The number of nitrogens with one attached hydrogen (secondary N) is 1. The second-order valence-electron chi connectivity index (χ2n) is 4.10. The molecule has 3 heteroatoms. The van der Waals surface area contributed by atoms with Gasteiger partial charge in [0.15, 0.2) is 0 Å². The van der Waals surface area contributed by atoms with Crippen molar-refractivity contribution in [1.82, 2.24) is 5.32 Å². The van der Waals surface area contributed by atoms with E-state index in [4.69, 9.17) is 4.74 Å². The lowest BCUT2D eigenvalue weighted by molar-refractivity contribution is -0.148. The second kappa shape index (κ2) is 5.12. The van der Waals surface area contributed by atoms with Crippen LogP contribution >= 0.6 is 0 Å². The number of likely N-dealkylation sites (N-methyl/N-ethyl adjacent to an activating group) is 1. The van der Waals surface area contributed by atoms with Crippen LogP contribution in [0.1, 0.15) is 30.1 Å². The van der Waals surface area contributed by atoms with Crippen LogP contribution in [0.3, 0.4) is 0 Å². The van der Waals surface area contributed by atoms with Crippen molar-refractivity contribution in [3.8, 4) is 0 Å². The minimum Gasteiger partial charge on any atom is -0.457 e. The molecule has 16 heavy (non-hydrogen) atoms. The van der Waals surface area contributed by atoms with E-state index in [1.807, 2.05) is 12.1 Å². The second-order valence-corrected chi connectivity index (χ2v) is 4.10. The molecular formula is C13H17NO2. The van der Waals surface area contributed by atoms with E-state index in [0.29, 0.717) is 0 Å². The van der Waals surface area contributed by atoms with Gasteiger partial charge in [-0.1, -0.05) is 24.3 Å². The Morgan fingerprint density at radius 2 is 2.31 bits per heavy atom. The van der Waals surface area contributed by atoms with E-state index in [0.717, 1.165) is 19.3 Å². The Hall–Kier alpha value is -1.35. The van der Waals surface area contributed by atoms with E-state index in [1.54, 1.807) is 7.05 Å². The summed E-state index contributed by atoms with van der Waals surface area (Å²) in [5.41, 5.74) is 2.49. The summed E-state index contributed by atoms with van der Waals surface area (Å²) < 4.78 is 5.46. The molecule has 0 amide bonds. The molecule has 1 unspecified atom stereocenters. The van der Waals surface area contributed by atoms with Gasteiger partial charge in [0.1, 0.15) is 6.10 Å². The fourth-order valence-electron chi connectivity index (χ4n) is 2.18. The molecule has 0 aromatic heterocycles. The normalized spacial score (nSPS) is 18.9. The van der Waals surface area contributed by atoms with Crippen LogP contribution in [0.15, 0.2) is 24.3 Å². The summed E-state index contributed by atoms with van der Waals surface area (Å²) in [6, 6.07) is 8.22. The molecule has 1 atom stereocenters. The summed E-state index contributed by atoms with van der Waals surface area (Å²) in [6.45, 7) is 0.276. The Kier molecular flexibility index (Phi) is 3.57. The molecular weight excluding hydrogens is 202 g/mol. The lowest BCUT2D eigenvalue weighted by atomic mass is 9.89. The molecule has 86 valence electrons. The molecule has 0 fully saturated rings. The Labute approximate surface area is 95.8 Å². The number of carbonyl (C=O) groups is 1. The molecule has 1 aliphatic carbocycles. The van der Waals surface area contributed by atoms with Crippen LogP contribution in [0.25, 0.3) is 0 Å². The predicted molar refractivity (Wildman–Crippen MR) is 62.1 cm³/mol. The molecule has 3 nitrogen and oxygen atoms in total. The minimum atomic E-state index is -0.177. The maximum Gasteiger partial charge on any atom is 0.320 e. The van der Waals surface area contributed by atoms with Crippen LogP contribution in [-0.4, -0.2) is 19.6 Å². The Bertz CT molecular complexity index is 376. The average Bonchev–Trinajstić information content (AvgIpc) is 2.30. The molecule has 0 bridgehead atoms. The van der Waals surface area contributed by atoms with Crippen molar-refractivity contribution >= 4 is 5.97 Å². The molecule has 0 aliphatic heterocycles. The molecule has 1 aromatic rings. The average molecular weight is 219 g/mol. The van der Waals surface area contributed by atoms with E-state index in [2.05, 4.69) is 17.4 Å². The molecule has 0 saturated carbocycles. The highest BCUT2D eigenvalue weighted by Gasteiger charge is 2.22. The largest absolute Gasteiger partial charge is 0.457 e.